The van der Waals surface area contributed by atoms with E-state index >= 15 is 0 Å². The Morgan fingerprint density at radius 2 is 1.48 bits per heavy atom. The summed E-state index contributed by atoms with van der Waals surface area (Å²) in [5, 5.41) is 7.22. The normalized spacial score (nSPS) is 10.7. The second-order valence-corrected chi connectivity index (χ2v) is 4.86. The predicted octanol–water partition coefficient (Wildman–Crippen LogP) is 3.71. The summed E-state index contributed by atoms with van der Waals surface area (Å²) in [5.74, 6) is 0.601. The van der Waals surface area contributed by atoms with E-state index in [0.29, 0.717) is 5.95 Å². The molecule has 0 unspecified atom stereocenters. The highest BCUT2D eigenvalue weighted by molar-refractivity contribution is 6.28. The first-order valence-corrected chi connectivity index (χ1v) is 7.25. The van der Waals surface area contributed by atoms with Crippen LogP contribution < -0.4 is 10.7 Å². The van der Waals surface area contributed by atoms with Crippen molar-refractivity contribution in [3.05, 3.63) is 71.5 Å². The van der Waals surface area contributed by atoms with Crippen LogP contribution in [-0.4, -0.2) is 21.2 Å². The molecule has 0 amide bonds. The van der Waals surface area contributed by atoms with E-state index in [1.807, 2.05) is 60.7 Å². The highest BCUT2D eigenvalue weighted by atomic mass is 35.5. The van der Waals surface area contributed by atoms with Gasteiger partial charge in [-0.25, -0.2) is 5.43 Å². The largest absolute Gasteiger partial charge is 0.324 e. The van der Waals surface area contributed by atoms with E-state index in [2.05, 4.69) is 30.8 Å². The summed E-state index contributed by atoms with van der Waals surface area (Å²) in [6, 6.07) is 19.2. The molecule has 0 spiro atoms. The van der Waals surface area contributed by atoms with E-state index in [0.717, 1.165) is 11.3 Å². The van der Waals surface area contributed by atoms with Crippen molar-refractivity contribution < 1.29 is 0 Å². The third-order valence-corrected chi connectivity index (χ3v) is 2.98. The molecule has 3 rings (SSSR count). The van der Waals surface area contributed by atoms with Crippen molar-refractivity contribution >= 4 is 35.4 Å². The first-order chi connectivity index (χ1) is 11.3. The molecule has 0 bridgehead atoms. The molecule has 6 nitrogen and oxygen atoms in total. The smallest absolute Gasteiger partial charge is 0.249 e. The van der Waals surface area contributed by atoms with Gasteiger partial charge in [0.1, 0.15) is 0 Å². The van der Waals surface area contributed by atoms with Crippen molar-refractivity contribution in [2.24, 2.45) is 5.10 Å². The number of hydrogen-bond donors (Lipinski definition) is 2. The molecule has 1 aromatic heterocycles. The van der Waals surface area contributed by atoms with Crippen LogP contribution in [0.4, 0.5) is 17.6 Å². The summed E-state index contributed by atoms with van der Waals surface area (Å²) in [5.41, 5.74) is 4.56. The van der Waals surface area contributed by atoms with E-state index in [-0.39, 0.29) is 11.2 Å². The lowest BCUT2D eigenvalue weighted by atomic mass is 10.2. The Morgan fingerprint density at radius 3 is 2.22 bits per heavy atom. The fourth-order valence-electron chi connectivity index (χ4n) is 1.81. The van der Waals surface area contributed by atoms with Crippen molar-refractivity contribution in [2.75, 3.05) is 10.7 Å². The Labute approximate surface area is 138 Å². The van der Waals surface area contributed by atoms with E-state index < -0.39 is 0 Å². The fourth-order valence-corrected chi connectivity index (χ4v) is 1.97. The zero-order valence-electron chi connectivity index (χ0n) is 12.0. The number of rotatable bonds is 5. The molecule has 0 saturated heterocycles. The zero-order valence-corrected chi connectivity index (χ0v) is 12.8. The molecular weight excluding hydrogens is 312 g/mol. The second kappa shape index (κ2) is 7.33. The van der Waals surface area contributed by atoms with Crippen LogP contribution in [0.1, 0.15) is 5.56 Å². The van der Waals surface area contributed by atoms with Gasteiger partial charge in [0, 0.05) is 5.69 Å². The number of anilines is 3. The van der Waals surface area contributed by atoms with Crippen molar-refractivity contribution in [3.63, 3.8) is 0 Å². The second-order valence-electron chi connectivity index (χ2n) is 4.52. The van der Waals surface area contributed by atoms with Crippen LogP contribution >= 0.6 is 11.6 Å². The topological polar surface area (TPSA) is 75.1 Å². The zero-order chi connectivity index (χ0) is 15.9. The average molecular weight is 325 g/mol. The molecule has 1 heterocycles. The van der Waals surface area contributed by atoms with E-state index in [1.54, 1.807) is 6.21 Å². The minimum atomic E-state index is 0.0795. The minimum Gasteiger partial charge on any atom is -0.324 e. The van der Waals surface area contributed by atoms with Crippen LogP contribution in [0.5, 0.6) is 0 Å². The van der Waals surface area contributed by atoms with Gasteiger partial charge in [-0.3, -0.25) is 0 Å². The molecule has 0 radical (unpaired) electrons. The van der Waals surface area contributed by atoms with E-state index in [4.69, 9.17) is 11.6 Å². The van der Waals surface area contributed by atoms with Gasteiger partial charge in [0.2, 0.25) is 17.2 Å². The maximum atomic E-state index is 5.92. The molecule has 0 aliphatic heterocycles. The predicted molar refractivity (Wildman–Crippen MR) is 92.2 cm³/mol. The van der Waals surface area contributed by atoms with Gasteiger partial charge in [0.15, 0.2) is 0 Å². The van der Waals surface area contributed by atoms with Crippen LogP contribution in [0, 0.1) is 0 Å². The highest BCUT2D eigenvalue weighted by Gasteiger charge is 2.04. The van der Waals surface area contributed by atoms with E-state index in [1.165, 1.54) is 0 Å². The van der Waals surface area contributed by atoms with Crippen LogP contribution in [0.15, 0.2) is 65.8 Å². The third kappa shape index (κ3) is 4.49. The molecule has 3 aromatic rings. The molecule has 2 N–H and O–H groups in total. The minimum absolute atomic E-state index is 0.0795. The number of hydrazone groups is 1. The summed E-state index contributed by atoms with van der Waals surface area (Å²) in [4.78, 5) is 12.2. The van der Waals surface area contributed by atoms with Crippen molar-refractivity contribution in [2.45, 2.75) is 0 Å². The van der Waals surface area contributed by atoms with Crippen LogP contribution in [0.25, 0.3) is 0 Å². The lowest BCUT2D eigenvalue weighted by Gasteiger charge is -2.06. The fraction of sp³-hybridized carbons (Fsp3) is 0. The molecule has 0 atom stereocenters. The Bertz CT molecular complexity index is 792. The molecule has 114 valence electrons. The van der Waals surface area contributed by atoms with Gasteiger partial charge in [-0.15, -0.1) is 0 Å². The molecular formula is C16H13ClN6. The number of benzene rings is 2. The Kier molecular flexibility index (Phi) is 4.76. The van der Waals surface area contributed by atoms with Gasteiger partial charge in [-0.1, -0.05) is 48.5 Å². The summed E-state index contributed by atoms with van der Waals surface area (Å²) >= 11 is 5.92. The number of nitrogens with one attached hydrogen (secondary N) is 2. The van der Waals surface area contributed by atoms with Gasteiger partial charge < -0.3 is 5.32 Å². The standard InChI is InChI=1S/C16H13ClN6/c17-14-20-15(19-13-9-5-2-6-10-13)22-16(21-14)23-18-11-12-7-3-1-4-8-12/h1-11H,(H2,19,20,21,22,23)/b18-11-. The van der Waals surface area contributed by atoms with Gasteiger partial charge in [0.25, 0.3) is 0 Å². The molecule has 7 heteroatoms. The number of para-hydroxylation sites is 1. The monoisotopic (exact) mass is 324 g/mol. The van der Waals surface area contributed by atoms with Crippen molar-refractivity contribution in [3.8, 4) is 0 Å². The average Bonchev–Trinajstić information content (AvgIpc) is 2.56. The summed E-state index contributed by atoms with van der Waals surface area (Å²) in [6.07, 6.45) is 1.67. The number of aromatic nitrogens is 3. The summed E-state index contributed by atoms with van der Waals surface area (Å²) in [6.45, 7) is 0. The Balaban J connectivity index is 1.71. The quantitative estimate of drug-likeness (QED) is 0.552. The molecule has 2 aromatic carbocycles. The molecule has 0 aliphatic carbocycles. The van der Waals surface area contributed by atoms with E-state index in [9.17, 15) is 0 Å². The number of halogens is 1. The molecule has 0 saturated carbocycles. The lowest BCUT2D eigenvalue weighted by Crippen LogP contribution is -2.03. The summed E-state index contributed by atoms with van der Waals surface area (Å²) < 4.78 is 0. The molecule has 23 heavy (non-hydrogen) atoms. The van der Waals surface area contributed by atoms with Gasteiger partial charge >= 0.3 is 0 Å². The van der Waals surface area contributed by atoms with Crippen LogP contribution in [-0.2, 0) is 0 Å². The Morgan fingerprint density at radius 1 is 0.826 bits per heavy atom. The first-order valence-electron chi connectivity index (χ1n) is 6.87. The number of nitrogens with zero attached hydrogens (tertiary/aromatic N) is 4. The third-order valence-electron chi connectivity index (χ3n) is 2.82. The van der Waals surface area contributed by atoms with Crippen molar-refractivity contribution in [1.82, 2.24) is 15.0 Å². The van der Waals surface area contributed by atoms with Crippen LogP contribution in [0.2, 0.25) is 5.28 Å². The van der Waals surface area contributed by atoms with Crippen LogP contribution in [0.3, 0.4) is 0 Å². The van der Waals surface area contributed by atoms with Gasteiger partial charge in [-0.05, 0) is 29.3 Å². The SMILES string of the molecule is Clc1nc(N/N=C\c2ccccc2)nc(Nc2ccccc2)n1. The highest BCUT2D eigenvalue weighted by Crippen LogP contribution is 2.15. The maximum Gasteiger partial charge on any atom is 0.249 e. The Hall–Kier alpha value is -2.99. The van der Waals surface area contributed by atoms with Gasteiger partial charge in [0.05, 0.1) is 6.21 Å². The summed E-state index contributed by atoms with van der Waals surface area (Å²) in [7, 11) is 0. The van der Waals surface area contributed by atoms with Gasteiger partial charge in [-0.2, -0.15) is 20.1 Å². The first kappa shape index (κ1) is 14.9. The molecule has 0 aliphatic rings. The number of hydrogen-bond acceptors (Lipinski definition) is 6. The van der Waals surface area contributed by atoms with Crippen molar-refractivity contribution in [1.29, 1.82) is 0 Å². The maximum absolute atomic E-state index is 5.92. The molecule has 0 fully saturated rings. The lowest BCUT2D eigenvalue weighted by molar-refractivity contribution is 1.04.